The Hall–Kier alpha value is 0.300. The molecule has 1 nitrogen and oxygen atoms in total. The van der Waals surface area contributed by atoms with Gasteiger partial charge in [-0.05, 0) is 62.9 Å². The van der Waals surface area contributed by atoms with Crippen LogP contribution in [0.2, 0.25) is 0 Å². The van der Waals surface area contributed by atoms with Gasteiger partial charge in [-0.1, -0.05) is 0 Å². The molecule has 0 bridgehead atoms. The average Bonchev–Trinajstić information content (AvgIpc) is 1.94. The molecule has 0 aliphatic heterocycles. The van der Waals surface area contributed by atoms with Crippen molar-refractivity contribution in [2.45, 2.75) is 3.98 Å². The maximum atomic E-state index is 12.9. The SMILES string of the molecule is Fc1cc(OC(Cl)(Cl)Cl)ccc1Br. The fourth-order valence-electron chi connectivity index (χ4n) is 0.674. The minimum atomic E-state index is -1.87. The Labute approximate surface area is 97.9 Å². The van der Waals surface area contributed by atoms with Crippen LogP contribution in [0.3, 0.4) is 0 Å². The van der Waals surface area contributed by atoms with E-state index in [0.29, 0.717) is 4.47 Å². The number of rotatable bonds is 1. The lowest BCUT2D eigenvalue weighted by Crippen LogP contribution is -2.12. The molecular formula is C7H3BrCl3FO. The molecule has 13 heavy (non-hydrogen) atoms. The second-order valence-electron chi connectivity index (χ2n) is 2.12. The van der Waals surface area contributed by atoms with Crippen molar-refractivity contribution in [2.24, 2.45) is 0 Å². The first-order valence-electron chi connectivity index (χ1n) is 3.09. The van der Waals surface area contributed by atoms with E-state index >= 15 is 0 Å². The van der Waals surface area contributed by atoms with Crippen molar-refractivity contribution >= 4 is 50.7 Å². The zero-order chi connectivity index (χ0) is 10.1. The van der Waals surface area contributed by atoms with Gasteiger partial charge in [0, 0.05) is 6.07 Å². The quantitative estimate of drug-likeness (QED) is 0.703. The van der Waals surface area contributed by atoms with Gasteiger partial charge < -0.3 is 4.74 Å². The summed E-state index contributed by atoms with van der Waals surface area (Å²) in [5.41, 5.74) is 0. The Morgan fingerprint density at radius 1 is 1.31 bits per heavy atom. The molecule has 1 aromatic carbocycles. The fourth-order valence-corrected chi connectivity index (χ4v) is 1.19. The van der Waals surface area contributed by atoms with Crippen LogP contribution in [0.15, 0.2) is 22.7 Å². The van der Waals surface area contributed by atoms with Crippen LogP contribution in [0, 0.1) is 5.82 Å². The molecule has 1 rings (SSSR count). The van der Waals surface area contributed by atoms with Crippen LogP contribution in [0.25, 0.3) is 0 Å². The summed E-state index contributed by atoms with van der Waals surface area (Å²) in [7, 11) is 0. The van der Waals surface area contributed by atoms with Crippen molar-refractivity contribution in [3.05, 3.63) is 28.5 Å². The highest BCUT2D eigenvalue weighted by Gasteiger charge is 2.22. The molecule has 0 saturated carbocycles. The van der Waals surface area contributed by atoms with Gasteiger partial charge in [-0.3, -0.25) is 0 Å². The first kappa shape index (κ1) is 11.4. The van der Waals surface area contributed by atoms with Crippen molar-refractivity contribution in [2.75, 3.05) is 0 Å². The third-order valence-corrected chi connectivity index (χ3v) is 2.00. The molecule has 0 aliphatic carbocycles. The van der Waals surface area contributed by atoms with E-state index in [1.807, 2.05) is 0 Å². The van der Waals surface area contributed by atoms with Gasteiger partial charge in [0.1, 0.15) is 11.6 Å². The van der Waals surface area contributed by atoms with E-state index in [2.05, 4.69) is 15.9 Å². The van der Waals surface area contributed by atoms with Crippen molar-refractivity contribution in [3.63, 3.8) is 0 Å². The lowest BCUT2D eigenvalue weighted by Gasteiger charge is -2.13. The topological polar surface area (TPSA) is 9.23 Å². The third kappa shape index (κ3) is 3.90. The van der Waals surface area contributed by atoms with Crippen LogP contribution in [-0.2, 0) is 0 Å². The largest absolute Gasteiger partial charge is 0.445 e. The molecule has 0 amide bonds. The van der Waals surface area contributed by atoms with E-state index in [4.69, 9.17) is 39.5 Å². The van der Waals surface area contributed by atoms with Gasteiger partial charge in [-0.2, -0.15) is 0 Å². The Morgan fingerprint density at radius 2 is 1.92 bits per heavy atom. The van der Waals surface area contributed by atoms with Crippen LogP contribution in [0.1, 0.15) is 0 Å². The number of alkyl halides is 3. The van der Waals surface area contributed by atoms with Gasteiger partial charge in [0.15, 0.2) is 0 Å². The van der Waals surface area contributed by atoms with Gasteiger partial charge in [0.05, 0.1) is 4.47 Å². The zero-order valence-corrected chi connectivity index (χ0v) is 9.88. The number of halogens is 5. The van der Waals surface area contributed by atoms with E-state index < -0.39 is 9.80 Å². The van der Waals surface area contributed by atoms with E-state index in [0.717, 1.165) is 6.07 Å². The summed E-state index contributed by atoms with van der Waals surface area (Å²) < 4.78 is 16.1. The van der Waals surface area contributed by atoms with Crippen LogP contribution in [-0.4, -0.2) is 3.98 Å². The van der Waals surface area contributed by atoms with Gasteiger partial charge in [0.25, 0.3) is 0 Å². The van der Waals surface area contributed by atoms with Gasteiger partial charge in [-0.15, -0.1) is 0 Å². The van der Waals surface area contributed by atoms with E-state index in [-0.39, 0.29) is 5.75 Å². The minimum absolute atomic E-state index is 0.153. The maximum Gasteiger partial charge on any atom is 0.338 e. The Bertz CT molecular complexity index is 313. The first-order chi connectivity index (χ1) is 5.88. The molecule has 1 aromatic rings. The predicted octanol–water partition coefficient (Wildman–Crippen LogP) is 4.29. The molecule has 0 aromatic heterocycles. The number of hydrogen-bond acceptors (Lipinski definition) is 1. The zero-order valence-electron chi connectivity index (χ0n) is 6.03. The lowest BCUT2D eigenvalue weighted by molar-refractivity contribution is 0.318. The Kier molecular flexibility index (Phi) is 3.69. The van der Waals surface area contributed by atoms with Crippen LogP contribution in [0.5, 0.6) is 5.75 Å². The Morgan fingerprint density at radius 3 is 2.38 bits per heavy atom. The summed E-state index contributed by atoms with van der Waals surface area (Å²) in [6.45, 7) is 0. The molecule has 0 N–H and O–H groups in total. The summed E-state index contributed by atoms with van der Waals surface area (Å²) in [4.78, 5) is 0. The van der Waals surface area contributed by atoms with Gasteiger partial charge in [-0.25, -0.2) is 4.39 Å². The van der Waals surface area contributed by atoms with Gasteiger partial charge in [0.2, 0.25) is 0 Å². The van der Waals surface area contributed by atoms with Crippen molar-refractivity contribution in [1.82, 2.24) is 0 Å². The molecule has 6 heteroatoms. The molecule has 0 saturated heterocycles. The fraction of sp³-hybridized carbons (Fsp3) is 0.143. The number of benzene rings is 1. The Balaban J connectivity index is 2.86. The van der Waals surface area contributed by atoms with Crippen molar-refractivity contribution in [1.29, 1.82) is 0 Å². The summed E-state index contributed by atoms with van der Waals surface area (Å²) in [5.74, 6) is -0.326. The number of hydrogen-bond donors (Lipinski definition) is 0. The highest BCUT2D eigenvalue weighted by molar-refractivity contribution is 9.10. The molecule has 0 spiro atoms. The smallest absolute Gasteiger partial charge is 0.338 e. The molecule has 0 heterocycles. The summed E-state index contributed by atoms with van der Waals surface area (Å²) in [6, 6.07) is 4.06. The predicted molar refractivity (Wildman–Crippen MR) is 55.0 cm³/mol. The molecule has 0 radical (unpaired) electrons. The normalized spacial score (nSPS) is 11.5. The van der Waals surface area contributed by atoms with Crippen LogP contribution < -0.4 is 4.74 Å². The molecule has 0 unspecified atom stereocenters. The number of ether oxygens (including phenoxy) is 1. The lowest BCUT2D eigenvalue weighted by atomic mass is 10.3. The van der Waals surface area contributed by atoms with E-state index in [1.165, 1.54) is 12.1 Å². The summed E-state index contributed by atoms with van der Waals surface area (Å²) in [6.07, 6.45) is 0. The minimum Gasteiger partial charge on any atom is -0.445 e. The highest BCUT2D eigenvalue weighted by atomic mass is 79.9. The van der Waals surface area contributed by atoms with Crippen molar-refractivity contribution in [3.8, 4) is 5.75 Å². The monoisotopic (exact) mass is 306 g/mol. The first-order valence-corrected chi connectivity index (χ1v) is 5.02. The van der Waals surface area contributed by atoms with E-state index in [9.17, 15) is 4.39 Å². The molecule has 72 valence electrons. The van der Waals surface area contributed by atoms with Crippen LogP contribution >= 0.6 is 50.7 Å². The average molecular weight is 308 g/mol. The third-order valence-electron chi connectivity index (χ3n) is 1.12. The van der Waals surface area contributed by atoms with Gasteiger partial charge >= 0.3 is 3.98 Å². The summed E-state index contributed by atoms with van der Waals surface area (Å²) in [5, 5.41) is 0. The highest BCUT2D eigenvalue weighted by Crippen LogP contribution is 2.31. The molecule has 0 atom stereocenters. The molecule has 0 aliphatic rings. The maximum absolute atomic E-state index is 12.9. The van der Waals surface area contributed by atoms with Crippen molar-refractivity contribution < 1.29 is 9.13 Å². The van der Waals surface area contributed by atoms with Crippen LogP contribution in [0.4, 0.5) is 4.39 Å². The molecular weight excluding hydrogens is 305 g/mol. The summed E-state index contributed by atoms with van der Waals surface area (Å²) >= 11 is 19.0. The standard InChI is InChI=1S/C7H3BrCl3FO/c8-5-2-1-4(3-6(5)12)13-7(9,10)11/h1-3H. The molecule has 0 fully saturated rings. The second kappa shape index (κ2) is 4.22. The van der Waals surface area contributed by atoms with E-state index in [1.54, 1.807) is 0 Å². The second-order valence-corrected chi connectivity index (χ2v) is 5.16.